The summed E-state index contributed by atoms with van der Waals surface area (Å²) in [7, 11) is 0. The maximum Gasteiger partial charge on any atom is 0.318 e. The summed E-state index contributed by atoms with van der Waals surface area (Å²) in [6, 6.07) is 0. The second-order valence-corrected chi connectivity index (χ2v) is 1.40. The molecule has 0 aromatic carbocycles. The van der Waals surface area contributed by atoms with Crippen molar-refractivity contribution >= 4 is 23.5 Å². The smallest absolute Gasteiger partial charge is 0.318 e. The maximum absolute atomic E-state index is 9.47. The van der Waals surface area contributed by atoms with Gasteiger partial charge in [-0.3, -0.25) is 9.59 Å². The van der Waals surface area contributed by atoms with Gasteiger partial charge in [-0.25, -0.2) is 0 Å². The Morgan fingerprint density at radius 2 is 1.90 bits per heavy atom. The van der Waals surface area contributed by atoms with E-state index in [2.05, 4.69) is 12.3 Å². The van der Waals surface area contributed by atoms with Gasteiger partial charge in [-0.05, 0) is 6.08 Å². The van der Waals surface area contributed by atoms with E-state index >= 15 is 0 Å². The number of primary amides is 1. The Hall–Kier alpha value is -1.03. The maximum atomic E-state index is 9.47. The van der Waals surface area contributed by atoms with Crippen LogP contribution in [0, 0.1) is 0 Å². The number of carboxylic acid groups (broad SMARTS) is 1. The molecule has 0 aliphatic rings. The highest BCUT2D eigenvalue weighted by molar-refractivity contribution is 6.26. The highest BCUT2D eigenvalue weighted by Crippen LogP contribution is 1.67. The van der Waals surface area contributed by atoms with Crippen LogP contribution in [0.15, 0.2) is 12.7 Å². The molecule has 10 heavy (non-hydrogen) atoms. The number of carbonyl (C=O) groups excluding carboxylic acids is 1. The number of alkyl halides is 1. The van der Waals surface area contributed by atoms with Gasteiger partial charge in [0.05, 0.1) is 0 Å². The van der Waals surface area contributed by atoms with E-state index in [-0.39, 0.29) is 5.88 Å². The van der Waals surface area contributed by atoms with Crippen LogP contribution in [-0.4, -0.2) is 22.9 Å². The summed E-state index contributed by atoms with van der Waals surface area (Å²) in [5.74, 6) is -1.77. The van der Waals surface area contributed by atoms with Crippen molar-refractivity contribution in [3.8, 4) is 0 Å². The minimum absolute atomic E-state index is 0.306. The monoisotopic (exact) mass is 165 g/mol. The molecule has 0 rings (SSSR count). The van der Waals surface area contributed by atoms with Crippen molar-refractivity contribution in [1.29, 1.82) is 0 Å². The molecule has 0 unspecified atom stereocenters. The molecule has 0 saturated carbocycles. The number of halogens is 1. The lowest BCUT2D eigenvalue weighted by atomic mass is 10.6. The number of carbonyl (C=O) groups is 2. The summed E-state index contributed by atoms with van der Waals surface area (Å²) in [4.78, 5) is 18.7. The highest BCUT2D eigenvalue weighted by Gasteiger charge is 1.83. The van der Waals surface area contributed by atoms with E-state index in [9.17, 15) is 9.59 Å². The number of amides is 1. The van der Waals surface area contributed by atoms with Crippen molar-refractivity contribution in [3.05, 3.63) is 12.7 Å². The fourth-order valence-electron chi connectivity index (χ4n) is 0. The van der Waals surface area contributed by atoms with Crippen molar-refractivity contribution in [2.45, 2.75) is 0 Å². The van der Waals surface area contributed by atoms with Crippen LogP contribution in [0.5, 0.6) is 0 Å². The fourth-order valence-corrected chi connectivity index (χ4v) is 0. The zero-order chi connectivity index (χ0) is 8.57. The lowest BCUT2D eigenvalue weighted by Crippen LogP contribution is -2.04. The Kier molecular flexibility index (Phi) is 9.35. The molecule has 5 heteroatoms. The summed E-state index contributed by atoms with van der Waals surface area (Å²) in [5, 5.41) is 7.59. The molecule has 0 aromatic rings. The topological polar surface area (TPSA) is 80.4 Å². The zero-order valence-corrected chi connectivity index (χ0v) is 5.97. The molecular formula is C5H8ClNO3. The SMILES string of the molecule is C=CC(N)=O.O=C(O)CCl. The van der Waals surface area contributed by atoms with Crippen molar-refractivity contribution in [1.82, 2.24) is 0 Å². The van der Waals surface area contributed by atoms with E-state index < -0.39 is 11.9 Å². The molecule has 0 fully saturated rings. The molecule has 1 amide bonds. The number of rotatable bonds is 2. The molecule has 4 nitrogen and oxygen atoms in total. The molecule has 0 bridgehead atoms. The van der Waals surface area contributed by atoms with Crippen LogP contribution in [0.4, 0.5) is 0 Å². The van der Waals surface area contributed by atoms with E-state index in [1.165, 1.54) is 0 Å². The van der Waals surface area contributed by atoms with Gasteiger partial charge in [0.25, 0.3) is 0 Å². The lowest BCUT2D eigenvalue weighted by molar-refractivity contribution is -0.134. The Morgan fingerprint density at radius 3 is 1.90 bits per heavy atom. The third kappa shape index (κ3) is 28.2. The summed E-state index contributed by atoms with van der Waals surface area (Å²) in [6.07, 6.45) is 1.06. The molecule has 0 atom stereocenters. The molecule has 0 aliphatic carbocycles. The number of nitrogens with two attached hydrogens (primary N) is 1. The zero-order valence-electron chi connectivity index (χ0n) is 5.21. The van der Waals surface area contributed by atoms with E-state index in [4.69, 9.17) is 16.7 Å². The van der Waals surface area contributed by atoms with Crippen LogP contribution < -0.4 is 5.73 Å². The van der Waals surface area contributed by atoms with Crippen molar-refractivity contribution in [2.75, 3.05) is 5.88 Å². The number of hydrogen-bond donors (Lipinski definition) is 2. The van der Waals surface area contributed by atoms with Gasteiger partial charge in [-0.1, -0.05) is 6.58 Å². The minimum Gasteiger partial charge on any atom is -0.480 e. The van der Waals surface area contributed by atoms with Gasteiger partial charge in [-0.2, -0.15) is 0 Å². The third-order valence-electron chi connectivity index (χ3n) is 0.316. The fraction of sp³-hybridized carbons (Fsp3) is 0.200. The predicted octanol–water partition coefficient (Wildman–Crippen LogP) is -0.0325. The summed E-state index contributed by atoms with van der Waals surface area (Å²) in [5.41, 5.74) is 4.53. The summed E-state index contributed by atoms with van der Waals surface area (Å²) < 4.78 is 0. The first-order valence-corrected chi connectivity index (χ1v) is 2.77. The van der Waals surface area contributed by atoms with Crippen LogP contribution >= 0.6 is 11.6 Å². The van der Waals surface area contributed by atoms with Crippen LogP contribution in [0.2, 0.25) is 0 Å². The second kappa shape index (κ2) is 7.97. The Bertz CT molecular complexity index is 135. The normalized spacial score (nSPS) is 6.90. The molecule has 0 heterocycles. The average Bonchev–Trinajstić information content (AvgIpc) is 1.89. The van der Waals surface area contributed by atoms with E-state index in [1.54, 1.807) is 0 Å². The largest absolute Gasteiger partial charge is 0.480 e. The summed E-state index contributed by atoms with van der Waals surface area (Å²) in [6.45, 7) is 3.09. The number of hydrogen-bond acceptors (Lipinski definition) is 2. The van der Waals surface area contributed by atoms with E-state index in [1.807, 2.05) is 0 Å². The highest BCUT2D eigenvalue weighted by atomic mass is 35.5. The van der Waals surface area contributed by atoms with E-state index in [0.29, 0.717) is 0 Å². The first-order valence-electron chi connectivity index (χ1n) is 2.24. The first-order chi connectivity index (χ1) is 4.54. The van der Waals surface area contributed by atoms with Crippen LogP contribution in [0.3, 0.4) is 0 Å². The molecule has 0 radical (unpaired) electrons. The van der Waals surface area contributed by atoms with Crippen molar-refractivity contribution in [2.24, 2.45) is 5.73 Å². The van der Waals surface area contributed by atoms with E-state index in [0.717, 1.165) is 6.08 Å². The van der Waals surface area contributed by atoms with Gasteiger partial charge in [-0.15, -0.1) is 11.6 Å². The second-order valence-electron chi connectivity index (χ2n) is 1.13. The Balaban J connectivity index is 0. The van der Waals surface area contributed by atoms with Gasteiger partial charge in [0, 0.05) is 0 Å². The van der Waals surface area contributed by atoms with Gasteiger partial charge in [0.2, 0.25) is 5.91 Å². The molecule has 58 valence electrons. The molecule has 3 N–H and O–H groups in total. The quantitative estimate of drug-likeness (QED) is 0.445. The van der Waals surface area contributed by atoms with Gasteiger partial charge >= 0.3 is 5.97 Å². The molecular weight excluding hydrogens is 158 g/mol. The van der Waals surface area contributed by atoms with Gasteiger partial charge in [0.15, 0.2) is 0 Å². The van der Waals surface area contributed by atoms with Gasteiger partial charge in [0.1, 0.15) is 5.88 Å². The Labute approximate surface area is 63.3 Å². The molecule has 0 spiro atoms. The standard InChI is InChI=1S/C3H5NO.C2H3ClO2/c1-2-3(4)5;3-1-2(4)5/h2H,1H2,(H2,4,5);1H2,(H,4,5). The molecule has 0 saturated heterocycles. The van der Waals surface area contributed by atoms with Gasteiger partial charge < -0.3 is 10.8 Å². The molecule has 0 aromatic heterocycles. The van der Waals surface area contributed by atoms with Crippen LogP contribution in [-0.2, 0) is 9.59 Å². The number of carboxylic acids is 1. The van der Waals surface area contributed by atoms with Crippen LogP contribution in [0.25, 0.3) is 0 Å². The average molecular weight is 166 g/mol. The predicted molar refractivity (Wildman–Crippen MR) is 37.7 cm³/mol. The van der Waals surface area contributed by atoms with Crippen molar-refractivity contribution < 1.29 is 14.7 Å². The van der Waals surface area contributed by atoms with Crippen LogP contribution in [0.1, 0.15) is 0 Å². The van der Waals surface area contributed by atoms with Crippen molar-refractivity contribution in [3.63, 3.8) is 0 Å². The number of aliphatic carboxylic acids is 1. The first kappa shape index (κ1) is 11.7. The lowest BCUT2D eigenvalue weighted by Gasteiger charge is -1.69. The minimum atomic E-state index is -0.980. The molecule has 0 aliphatic heterocycles. The summed E-state index contributed by atoms with van der Waals surface area (Å²) >= 11 is 4.74. The third-order valence-corrected chi connectivity index (χ3v) is 0.544. The Morgan fingerprint density at radius 1 is 1.70 bits per heavy atom.